The Kier molecular flexibility index (Phi) is 8.84. The molecule has 7 nitrogen and oxygen atoms in total. The summed E-state index contributed by atoms with van der Waals surface area (Å²) in [7, 11) is 3.53. The molecule has 2 aromatic carbocycles. The fourth-order valence-electron chi connectivity index (χ4n) is 2.59. The van der Waals surface area contributed by atoms with Crippen LogP contribution in [-0.4, -0.2) is 34.3 Å². The lowest BCUT2D eigenvalue weighted by atomic mass is 10.1. The maximum absolute atomic E-state index is 14.3. The molecule has 0 spiro atoms. The van der Waals surface area contributed by atoms with E-state index in [-0.39, 0.29) is 35.5 Å². The third kappa shape index (κ3) is 6.70. The molecule has 0 fully saturated rings. The van der Waals surface area contributed by atoms with Gasteiger partial charge in [0, 0.05) is 20.6 Å². The van der Waals surface area contributed by atoms with Gasteiger partial charge in [0.25, 0.3) is 0 Å². The van der Waals surface area contributed by atoms with Crippen molar-refractivity contribution in [1.82, 2.24) is 25.4 Å². The molecule has 0 atom stereocenters. The number of rotatable bonds is 7. The number of benzene rings is 2. The molecular formula is C20H24FIN6O. The molecule has 0 saturated heterocycles. The normalized spacial score (nSPS) is 10.9. The zero-order chi connectivity index (χ0) is 19.8. The molecule has 3 aromatic rings. The number of halogens is 2. The van der Waals surface area contributed by atoms with Gasteiger partial charge in [0.05, 0.1) is 6.54 Å². The zero-order valence-electron chi connectivity index (χ0n) is 16.3. The average Bonchev–Trinajstić information content (AvgIpc) is 3.12. The minimum Gasteiger partial charge on any atom is -0.454 e. The van der Waals surface area contributed by atoms with Crippen LogP contribution in [0.1, 0.15) is 11.4 Å². The Morgan fingerprint density at radius 2 is 1.97 bits per heavy atom. The monoisotopic (exact) mass is 510 g/mol. The number of nitrogens with one attached hydrogen (secondary N) is 2. The second-order valence-corrected chi connectivity index (χ2v) is 6.08. The van der Waals surface area contributed by atoms with E-state index >= 15 is 0 Å². The predicted octanol–water partition coefficient (Wildman–Crippen LogP) is 3.27. The smallest absolute Gasteiger partial charge is 0.191 e. The Morgan fingerprint density at radius 3 is 2.62 bits per heavy atom. The van der Waals surface area contributed by atoms with E-state index in [0.717, 1.165) is 11.4 Å². The summed E-state index contributed by atoms with van der Waals surface area (Å²) in [5, 5.41) is 10.4. The van der Waals surface area contributed by atoms with Gasteiger partial charge >= 0.3 is 0 Å². The van der Waals surface area contributed by atoms with Gasteiger partial charge in [0.15, 0.2) is 17.5 Å². The van der Waals surface area contributed by atoms with Crippen LogP contribution < -0.4 is 15.4 Å². The molecular weight excluding hydrogens is 486 g/mol. The van der Waals surface area contributed by atoms with E-state index in [0.29, 0.717) is 31.2 Å². The molecule has 1 aromatic heterocycles. The van der Waals surface area contributed by atoms with Crippen molar-refractivity contribution in [2.45, 2.75) is 13.0 Å². The van der Waals surface area contributed by atoms with Gasteiger partial charge in [-0.15, -0.1) is 24.0 Å². The first-order chi connectivity index (χ1) is 13.7. The number of hydrogen-bond donors (Lipinski definition) is 2. The Balaban J connectivity index is 0.00000300. The van der Waals surface area contributed by atoms with Crippen LogP contribution in [-0.2, 0) is 20.0 Å². The highest BCUT2D eigenvalue weighted by atomic mass is 127. The average molecular weight is 510 g/mol. The van der Waals surface area contributed by atoms with Crippen LogP contribution in [0.15, 0.2) is 59.9 Å². The van der Waals surface area contributed by atoms with Crippen LogP contribution in [0.5, 0.6) is 11.5 Å². The van der Waals surface area contributed by atoms with Crippen molar-refractivity contribution >= 4 is 29.9 Å². The third-order valence-electron chi connectivity index (χ3n) is 4.12. The van der Waals surface area contributed by atoms with Gasteiger partial charge in [0.2, 0.25) is 0 Å². The molecule has 0 unspecified atom stereocenters. The fraction of sp³-hybridized carbons (Fsp3) is 0.250. The number of guanidine groups is 1. The molecule has 0 aliphatic rings. The number of ether oxygens (including phenoxy) is 1. The van der Waals surface area contributed by atoms with Crippen LogP contribution in [0.4, 0.5) is 4.39 Å². The van der Waals surface area contributed by atoms with E-state index in [9.17, 15) is 4.39 Å². The number of hydrogen-bond acceptors (Lipinski definition) is 4. The summed E-state index contributed by atoms with van der Waals surface area (Å²) in [6.45, 7) is 1.12. The Hall–Kier alpha value is -2.69. The maximum Gasteiger partial charge on any atom is 0.191 e. The molecule has 1 heterocycles. The molecule has 0 amide bonds. The van der Waals surface area contributed by atoms with E-state index in [1.165, 1.54) is 12.4 Å². The number of para-hydroxylation sites is 1. The summed E-state index contributed by atoms with van der Waals surface area (Å²) in [5.74, 6) is 1.88. The topological polar surface area (TPSA) is 76.4 Å². The standard InChI is InChI=1S/C20H23FN6O.HI/c1-22-20(24-13-19-25-14-26-27(19)2)23-11-10-15-8-9-18(17(21)12-15)28-16-6-4-3-5-7-16;/h3-9,12,14H,10-11,13H2,1-2H3,(H2,22,23,24);1H. The number of aryl methyl sites for hydroxylation is 1. The van der Waals surface area contributed by atoms with Gasteiger partial charge < -0.3 is 15.4 Å². The predicted molar refractivity (Wildman–Crippen MR) is 121 cm³/mol. The van der Waals surface area contributed by atoms with E-state index in [2.05, 4.69) is 25.7 Å². The summed E-state index contributed by atoms with van der Waals surface area (Å²) >= 11 is 0. The summed E-state index contributed by atoms with van der Waals surface area (Å²) in [5.41, 5.74) is 0.870. The molecule has 0 radical (unpaired) electrons. The highest BCUT2D eigenvalue weighted by molar-refractivity contribution is 14.0. The van der Waals surface area contributed by atoms with Crippen molar-refractivity contribution in [3.05, 3.63) is 72.1 Å². The van der Waals surface area contributed by atoms with Crippen LogP contribution in [0.3, 0.4) is 0 Å². The molecule has 29 heavy (non-hydrogen) atoms. The first-order valence-electron chi connectivity index (χ1n) is 8.94. The van der Waals surface area contributed by atoms with Gasteiger partial charge in [0.1, 0.15) is 17.9 Å². The van der Waals surface area contributed by atoms with Crippen LogP contribution in [0.2, 0.25) is 0 Å². The molecule has 0 bridgehead atoms. The fourth-order valence-corrected chi connectivity index (χ4v) is 2.59. The molecule has 0 aliphatic heterocycles. The first kappa shape index (κ1) is 22.6. The molecule has 0 saturated carbocycles. The van der Waals surface area contributed by atoms with Crippen molar-refractivity contribution in [2.75, 3.05) is 13.6 Å². The van der Waals surface area contributed by atoms with Gasteiger partial charge in [-0.2, -0.15) is 5.10 Å². The van der Waals surface area contributed by atoms with E-state index in [4.69, 9.17) is 4.74 Å². The first-order valence-corrected chi connectivity index (χ1v) is 8.94. The van der Waals surface area contributed by atoms with Crippen molar-refractivity contribution in [2.24, 2.45) is 12.0 Å². The second kappa shape index (κ2) is 11.3. The largest absolute Gasteiger partial charge is 0.454 e. The Labute approximate surface area is 186 Å². The van der Waals surface area contributed by atoms with E-state index in [1.807, 2.05) is 31.3 Å². The minimum atomic E-state index is -0.383. The van der Waals surface area contributed by atoms with Gasteiger partial charge in [-0.25, -0.2) is 9.37 Å². The van der Waals surface area contributed by atoms with Gasteiger partial charge in [-0.3, -0.25) is 9.67 Å². The zero-order valence-corrected chi connectivity index (χ0v) is 18.6. The number of aromatic nitrogens is 3. The molecule has 9 heteroatoms. The van der Waals surface area contributed by atoms with Crippen LogP contribution >= 0.6 is 24.0 Å². The van der Waals surface area contributed by atoms with Crippen LogP contribution in [0, 0.1) is 5.82 Å². The third-order valence-corrected chi connectivity index (χ3v) is 4.12. The minimum absolute atomic E-state index is 0. The van der Waals surface area contributed by atoms with Crippen LogP contribution in [0.25, 0.3) is 0 Å². The van der Waals surface area contributed by atoms with Crippen molar-refractivity contribution in [1.29, 1.82) is 0 Å². The highest BCUT2D eigenvalue weighted by Gasteiger charge is 2.07. The second-order valence-electron chi connectivity index (χ2n) is 6.08. The number of aliphatic imine (C=N–C) groups is 1. The van der Waals surface area contributed by atoms with Crippen molar-refractivity contribution in [3.63, 3.8) is 0 Å². The summed E-state index contributed by atoms with van der Waals surface area (Å²) < 4.78 is 21.6. The molecule has 154 valence electrons. The SMILES string of the molecule is CN=C(NCCc1ccc(Oc2ccccc2)c(F)c1)NCc1ncnn1C.I. The maximum atomic E-state index is 14.3. The van der Waals surface area contributed by atoms with Crippen molar-refractivity contribution in [3.8, 4) is 11.5 Å². The Bertz CT molecular complexity index is 932. The summed E-state index contributed by atoms with van der Waals surface area (Å²) in [6, 6.07) is 14.2. The summed E-state index contributed by atoms with van der Waals surface area (Å²) in [6.07, 6.45) is 2.15. The summed E-state index contributed by atoms with van der Waals surface area (Å²) in [4.78, 5) is 8.32. The Morgan fingerprint density at radius 1 is 1.17 bits per heavy atom. The van der Waals surface area contributed by atoms with E-state index in [1.54, 1.807) is 29.9 Å². The highest BCUT2D eigenvalue weighted by Crippen LogP contribution is 2.24. The van der Waals surface area contributed by atoms with Gasteiger partial charge in [-0.05, 0) is 36.2 Å². The quantitative estimate of drug-likeness (QED) is 0.290. The lowest BCUT2D eigenvalue weighted by Gasteiger charge is -2.12. The van der Waals surface area contributed by atoms with Crippen molar-refractivity contribution < 1.29 is 9.13 Å². The number of nitrogens with zero attached hydrogens (tertiary/aromatic N) is 4. The lowest BCUT2D eigenvalue weighted by Crippen LogP contribution is -2.38. The molecule has 3 rings (SSSR count). The van der Waals surface area contributed by atoms with E-state index < -0.39 is 0 Å². The van der Waals surface area contributed by atoms with Gasteiger partial charge in [-0.1, -0.05) is 24.3 Å². The molecule has 0 aliphatic carbocycles. The lowest BCUT2D eigenvalue weighted by molar-refractivity contribution is 0.441. The molecule has 2 N–H and O–H groups in total.